The molecule has 166 valence electrons. The number of rotatable bonds is 8. The fourth-order valence-electron chi connectivity index (χ4n) is 3.86. The lowest BCUT2D eigenvalue weighted by atomic mass is 10.1. The average Bonchev–Trinajstić information content (AvgIpc) is 2.76. The molecule has 0 unspecified atom stereocenters. The van der Waals surface area contributed by atoms with Crippen LogP contribution in [-0.2, 0) is 11.3 Å². The van der Waals surface area contributed by atoms with Crippen LogP contribution >= 0.6 is 0 Å². The maximum Gasteiger partial charge on any atom is 0.260 e. The minimum Gasteiger partial charge on any atom is -0.490 e. The summed E-state index contributed by atoms with van der Waals surface area (Å²) in [5, 5.41) is 0. The summed E-state index contributed by atoms with van der Waals surface area (Å²) >= 11 is 0. The molecule has 0 aromatic heterocycles. The molecule has 0 aliphatic carbocycles. The van der Waals surface area contributed by atoms with Gasteiger partial charge in [0.2, 0.25) is 0 Å². The Morgan fingerprint density at radius 1 is 1.10 bits per heavy atom. The number of ether oxygens (including phenoxy) is 2. The molecule has 0 N–H and O–H groups in total. The third kappa shape index (κ3) is 5.61. The summed E-state index contributed by atoms with van der Waals surface area (Å²) in [5.41, 5.74) is 1.39. The van der Waals surface area contributed by atoms with E-state index >= 15 is 0 Å². The van der Waals surface area contributed by atoms with Crippen LogP contribution in [0.25, 0.3) is 0 Å². The number of carbonyl (C=O) groups is 2. The average molecular weight is 429 g/mol. The fraction of sp³-hybridized carbons (Fsp3) is 0.417. The molecule has 1 fully saturated rings. The predicted molar refractivity (Wildman–Crippen MR) is 116 cm³/mol. The number of halogens is 1. The minimum absolute atomic E-state index is 0.000394. The van der Waals surface area contributed by atoms with Gasteiger partial charge < -0.3 is 14.4 Å². The molecule has 0 radical (unpaired) electrons. The van der Waals surface area contributed by atoms with Crippen molar-refractivity contribution < 1.29 is 23.5 Å². The highest BCUT2D eigenvalue weighted by Crippen LogP contribution is 2.30. The van der Waals surface area contributed by atoms with Crippen LogP contribution in [0.5, 0.6) is 11.5 Å². The molecule has 1 aliphatic rings. The molecular weight excluding hydrogens is 399 g/mol. The zero-order valence-corrected chi connectivity index (χ0v) is 18.2. The number of piperazine rings is 1. The van der Waals surface area contributed by atoms with E-state index in [1.54, 1.807) is 30.3 Å². The highest BCUT2D eigenvalue weighted by Gasteiger charge is 2.32. The number of aldehydes is 1. The molecule has 1 saturated heterocycles. The second-order valence-electron chi connectivity index (χ2n) is 7.81. The van der Waals surface area contributed by atoms with E-state index in [9.17, 15) is 14.0 Å². The Labute approximate surface area is 182 Å². The number of nitrogens with zero attached hydrogens (tertiary/aromatic N) is 2. The van der Waals surface area contributed by atoms with E-state index in [0.717, 1.165) is 5.56 Å². The van der Waals surface area contributed by atoms with Gasteiger partial charge in [0.1, 0.15) is 5.82 Å². The molecular formula is C24H29FN2O4. The standard InChI is InChI=1S/C24H29FN2O4/c1-4-30-22-7-5-6-20(15-28)24(22)31-16-23(29)27-13-17(2)26(12-18(27)3)14-19-8-10-21(25)11-9-19/h5-11,15,17-18H,4,12-14,16H2,1-3H3/t17-,18+/m1/s1. The first-order valence-electron chi connectivity index (χ1n) is 10.5. The Kier molecular flexibility index (Phi) is 7.63. The third-order valence-electron chi connectivity index (χ3n) is 5.51. The number of hydrogen-bond acceptors (Lipinski definition) is 5. The van der Waals surface area contributed by atoms with Crippen molar-refractivity contribution in [3.8, 4) is 11.5 Å². The Bertz CT molecular complexity index is 903. The molecule has 0 bridgehead atoms. The van der Waals surface area contributed by atoms with E-state index in [-0.39, 0.29) is 30.4 Å². The first kappa shape index (κ1) is 22.7. The van der Waals surface area contributed by atoms with Crippen molar-refractivity contribution in [2.45, 2.75) is 39.4 Å². The van der Waals surface area contributed by atoms with Gasteiger partial charge in [0.05, 0.1) is 12.2 Å². The molecule has 31 heavy (non-hydrogen) atoms. The van der Waals surface area contributed by atoms with Gasteiger partial charge in [0, 0.05) is 31.7 Å². The molecule has 1 aliphatic heterocycles. The lowest BCUT2D eigenvalue weighted by molar-refractivity contribution is -0.139. The first-order valence-corrected chi connectivity index (χ1v) is 10.5. The normalized spacial score (nSPS) is 19.2. The Hall–Kier alpha value is -2.93. The van der Waals surface area contributed by atoms with Crippen LogP contribution in [0.15, 0.2) is 42.5 Å². The van der Waals surface area contributed by atoms with Gasteiger partial charge in [0.25, 0.3) is 5.91 Å². The van der Waals surface area contributed by atoms with Crippen LogP contribution < -0.4 is 9.47 Å². The van der Waals surface area contributed by atoms with Crippen molar-refractivity contribution in [1.82, 2.24) is 9.80 Å². The van der Waals surface area contributed by atoms with Gasteiger partial charge in [-0.3, -0.25) is 14.5 Å². The summed E-state index contributed by atoms with van der Waals surface area (Å²) in [5.74, 6) is 0.363. The molecule has 1 heterocycles. The van der Waals surface area contributed by atoms with Crippen molar-refractivity contribution in [2.24, 2.45) is 0 Å². The Balaban J connectivity index is 1.62. The molecule has 0 spiro atoms. The second kappa shape index (κ2) is 10.4. The minimum atomic E-state index is -0.246. The molecule has 7 heteroatoms. The second-order valence-corrected chi connectivity index (χ2v) is 7.81. The zero-order chi connectivity index (χ0) is 22.4. The van der Waals surface area contributed by atoms with Crippen LogP contribution in [0.1, 0.15) is 36.7 Å². The van der Waals surface area contributed by atoms with Gasteiger partial charge in [0.15, 0.2) is 24.4 Å². The van der Waals surface area contributed by atoms with E-state index in [2.05, 4.69) is 11.8 Å². The van der Waals surface area contributed by atoms with Crippen LogP contribution in [0, 0.1) is 5.82 Å². The molecule has 2 atom stereocenters. The van der Waals surface area contributed by atoms with Gasteiger partial charge in [-0.2, -0.15) is 0 Å². The van der Waals surface area contributed by atoms with Gasteiger partial charge >= 0.3 is 0 Å². The number of amides is 1. The number of para-hydroxylation sites is 1. The van der Waals surface area contributed by atoms with Crippen molar-refractivity contribution in [2.75, 3.05) is 26.3 Å². The predicted octanol–water partition coefficient (Wildman–Crippen LogP) is 3.54. The van der Waals surface area contributed by atoms with Crippen LogP contribution in [0.2, 0.25) is 0 Å². The molecule has 6 nitrogen and oxygen atoms in total. The summed E-state index contributed by atoms with van der Waals surface area (Å²) in [6, 6.07) is 11.7. The lowest BCUT2D eigenvalue weighted by Crippen LogP contribution is -2.58. The zero-order valence-electron chi connectivity index (χ0n) is 18.2. The van der Waals surface area contributed by atoms with Gasteiger partial charge in [-0.15, -0.1) is 0 Å². The van der Waals surface area contributed by atoms with Crippen molar-refractivity contribution >= 4 is 12.2 Å². The molecule has 1 amide bonds. The maximum atomic E-state index is 13.2. The van der Waals surface area contributed by atoms with Gasteiger partial charge in [-0.25, -0.2) is 4.39 Å². The summed E-state index contributed by atoms with van der Waals surface area (Å²) < 4.78 is 24.4. The lowest BCUT2D eigenvalue weighted by Gasteiger charge is -2.44. The van der Waals surface area contributed by atoms with E-state index in [4.69, 9.17) is 9.47 Å². The van der Waals surface area contributed by atoms with E-state index < -0.39 is 0 Å². The Morgan fingerprint density at radius 2 is 1.84 bits per heavy atom. The quantitative estimate of drug-likeness (QED) is 0.602. The molecule has 0 saturated carbocycles. The van der Waals surface area contributed by atoms with Gasteiger partial charge in [-0.05, 0) is 50.6 Å². The van der Waals surface area contributed by atoms with Crippen molar-refractivity contribution in [3.05, 3.63) is 59.4 Å². The van der Waals surface area contributed by atoms with E-state index in [1.807, 2.05) is 18.7 Å². The first-order chi connectivity index (χ1) is 14.9. The number of benzene rings is 2. The summed E-state index contributed by atoms with van der Waals surface area (Å²) in [4.78, 5) is 28.4. The largest absolute Gasteiger partial charge is 0.490 e. The van der Waals surface area contributed by atoms with Gasteiger partial charge in [-0.1, -0.05) is 18.2 Å². The van der Waals surface area contributed by atoms with E-state index in [0.29, 0.717) is 49.6 Å². The van der Waals surface area contributed by atoms with Crippen LogP contribution in [0.3, 0.4) is 0 Å². The van der Waals surface area contributed by atoms with E-state index in [1.165, 1.54) is 12.1 Å². The summed E-state index contributed by atoms with van der Waals surface area (Å²) in [6.07, 6.45) is 0.696. The Morgan fingerprint density at radius 3 is 2.52 bits per heavy atom. The van der Waals surface area contributed by atoms with Crippen LogP contribution in [0.4, 0.5) is 4.39 Å². The third-order valence-corrected chi connectivity index (χ3v) is 5.51. The highest BCUT2D eigenvalue weighted by atomic mass is 19.1. The molecule has 2 aromatic rings. The molecule has 3 rings (SSSR count). The van der Waals surface area contributed by atoms with Crippen molar-refractivity contribution in [1.29, 1.82) is 0 Å². The number of hydrogen-bond donors (Lipinski definition) is 0. The monoisotopic (exact) mass is 428 g/mol. The van der Waals surface area contributed by atoms with Crippen LogP contribution in [-0.4, -0.2) is 60.4 Å². The number of carbonyl (C=O) groups excluding carboxylic acids is 2. The summed E-state index contributed by atoms with van der Waals surface area (Å²) in [6.45, 7) is 8.17. The fourth-order valence-corrected chi connectivity index (χ4v) is 3.86. The van der Waals surface area contributed by atoms with Crippen molar-refractivity contribution in [3.63, 3.8) is 0 Å². The maximum absolute atomic E-state index is 13.2. The SMILES string of the molecule is CCOc1cccc(C=O)c1OCC(=O)N1C[C@@H](C)N(Cc2ccc(F)cc2)C[C@@H]1C. The smallest absolute Gasteiger partial charge is 0.260 e. The highest BCUT2D eigenvalue weighted by molar-refractivity contribution is 5.82. The topological polar surface area (TPSA) is 59.1 Å². The summed E-state index contributed by atoms with van der Waals surface area (Å²) in [7, 11) is 0. The molecule has 2 aromatic carbocycles.